The molecule has 2 aromatic carbocycles. The maximum Gasteiger partial charge on any atom is 0.0216 e. The van der Waals surface area contributed by atoms with Gasteiger partial charge < -0.3 is 5.32 Å². The molecule has 1 nitrogen and oxygen atoms in total. The molecule has 2 aromatic rings. The number of nitrogens with one attached hydrogen (secondary N) is 1. The minimum atomic E-state index is 0.938. The molecule has 1 N–H and O–H groups in total. The van der Waals surface area contributed by atoms with E-state index < -0.39 is 0 Å². The van der Waals surface area contributed by atoms with Gasteiger partial charge in [0.05, 0.1) is 0 Å². The fraction of sp³-hybridized carbons (Fsp3) is 0.250. The largest absolute Gasteiger partial charge is 0.313 e. The first-order valence-electron chi connectivity index (χ1n) is 6.32. The lowest BCUT2D eigenvalue weighted by Gasteiger charge is -2.10. The monoisotopic (exact) mass is 257 g/mol. The van der Waals surface area contributed by atoms with Gasteiger partial charge in [-0.15, -0.1) is 0 Å². The van der Waals surface area contributed by atoms with Crippen molar-refractivity contribution in [1.82, 2.24) is 5.32 Å². The Morgan fingerprint density at radius 2 is 1.83 bits per heavy atom. The average molecular weight is 257 g/mol. The Hall–Kier alpha value is -1.25. The van der Waals surface area contributed by atoms with Crippen molar-refractivity contribution in [2.45, 2.75) is 30.2 Å². The normalized spacial score (nSPS) is 10.6. The van der Waals surface area contributed by atoms with Gasteiger partial charge in [0, 0.05) is 16.3 Å². The smallest absolute Gasteiger partial charge is 0.0216 e. The molecule has 0 radical (unpaired) electrons. The van der Waals surface area contributed by atoms with E-state index in [4.69, 9.17) is 0 Å². The second-order valence-corrected chi connectivity index (χ2v) is 5.42. The van der Waals surface area contributed by atoms with Crippen LogP contribution in [0.1, 0.15) is 18.1 Å². The van der Waals surface area contributed by atoms with Crippen LogP contribution in [-0.2, 0) is 6.54 Å². The SMILES string of the molecule is CCNCc1cc(C)ccc1Sc1ccccc1. The lowest BCUT2D eigenvalue weighted by Crippen LogP contribution is -2.12. The molecule has 2 rings (SSSR count). The quantitative estimate of drug-likeness (QED) is 0.859. The molecule has 94 valence electrons. The van der Waals surface area contributed by atoms with Gasteiger partial charge in [-0.25, -0.2) is 0 Å². The van der Waals surface area contributed by atoms with E-state index in [-0.39, 0.29) is 0 Å². The molecule has 0 heterocycles. The summed E-state index contributed by atoms with van der Waals surface area (Å²) >= 11 is 1.83. The summed E-state index contributed by atoms with van der Waals surface area (Å²) in [6, 6.07) is 17.2. The van der Waals surface area contributed by atoms with Gasteiger partial charge in [-0.3, -0.25) is 0 Å². The topological polar surface area (TPSA) is 12.0 Å². The van der Waals surface area contributed by atoms with Crippen molar-refractivity contribution in [3.05, 3.63) is 59.7 Å². The van der Waals surface area contributed by atoms with E-state index in [1.165, 1.54) is 20.9 Å². The highest BCUT2D eigenvalue weighted by molar-refractivity contribution is 7.99. The Morgan fingerprint density at radius 1 is 1.06 bits per heavy atom. The van der Waals surface area contributed by atoms with Crippen molar-refractivity contribution in [2.75, 3.05) is 6.54 Å². The zero-order chi connectivity index (χ0) is 12.8. The van der Waals surface area contributed by atoms with Crippen molar-refractivity contribution >= 4 is 11.8 Å². The Morgan fingerprint density at radius 3 is 2.56 bits per heavy atom. The van der Waals surface area contributed by atoms with E-state index >= 15 is 0 Å². The molecule has 0 atom stereocenters. The predicted molar refractivity (Wildman–Crippen MR) is 79.1 cm³/mol. The van der Waals surface area contributed by atoms with Crippen molar-refractivity contribution in [1.29, 1.82) is 0 Å². The standard InChI is InChI=1S/C16H19NS/c1-3-17-12-14-11-13(2)9-10-16(14)18-15-7-5-4-6-8-15/h4-11,17H,3,12H2,1-2H3. The number of rotatable bonds is 5. The predicted octanol–water partition coefficient (Wildman–Crippen LogP) is 4.26. The van der Waals surface area contributed by atoms with Crippen LogP contribution in [0.4, 0.5) is 0 Å². The summed E-state index contributed by atoms with van der Waals surface area (Å²) in [5.41, 5.74) is 2.70. The van der Waals surface area contributed by atoms with E-state index in [2.05, 4.69) is 67.7 Å². The third-order valence-corrected chi connectivity index (χ3v) is 3.88. The Balaban J connectivity index is 2.21. The van der Waals surface area contributed by atoms with Crippen LogP contribution >= 0.6 is 11.8 Å². The van der Waals surface area contributed by atoms with Crippen LogP contribution in [0.3, 0.4) is 0 Å². The molecule has 0 spiro atoms. The summed E-state index contributed by atoms with van der Waals surface area (Å²) in [6.07, 6.45) is 0. The molecule has 0 aliphatic heterocycles. The number of hydrogen-bond acceptors (Lipinski definition) is 2. The molecule has 0 saturated carbocycles. The first-order valence-corrected chi connectivity index (χ1v) is 7.14. The van der Waals surface area contributed by atoms with E-state index in [0.717, 1.165) is 13.1 Å². The number of aryl methyl sites for hydroxylation is 1. The van der Waals surface area contributed by atoms with Gasteiger partial charge in [-0.2, -0.15) is 0 Å². The molecular formula is C16H19NS. The van der Waals surface area contributed by atoms with Crippen LogP contribution in [0.25, 0.3) is 0 Å². The maximum atomic E-state index is 3.40. The second-order valence-electron chi connectivity index (χ2n) is 4.31. The molecule has 0 aromatic heterocycles. The summed E-state index contributed by atoms with van der Waals surface area (Å²) in [4.78, 5) is 2.63. The lowest BCUT2D eigenvalue weighted by molar-refractivity contribution is 0.717. The highest BCUT2D eigenvalue weighted by Gasteiger charge is 2.04. The average Bonchev–Trinajstić information content (AvgIpc) is 2.40. The van der Waals surface area contributed by atoms with Gasteiger partial charge in [-0.1, -0.05) is 54.6 Å². The minimum Gasteiger partial charge on any atom is -0.313 e. The molecule has 0 bridgehead atoms. The molecule has 0 unspecified atom stereocenters. The van der Waals surface area contributed by atoms with Crippen molar-refractivity contribution < 1.29 is 0 Å². The van der Waals surface area contributed by atoms with Gasteiger partial charge >= 0.3 is 0 Å². The molecule has 0 amide bonds. The molecule has 0 saturated heterocycles. The molecular weight excluding hydrogens is 238 g/mol. The molecule has 0 aliphatic carbocycles. The molecule has 0 aliphatic rings. The van der Waals surface area contributed by atoms with Crippen LogP contribution in [0.5, 0.6) is 0 Å². The second kappa shape index (κ2) is 6.62. The van der Waals surface area contributed by atoms with Crippen LogP contribution in [0.15, 0.2) is 58.3 Å². The summed E-state index contributed by atoms with van der Waals surface area (Å²) in [6.45, 7) is 6.23. The summed E-state index contributed by atoms with van der Waals surface area (Å²) in [5.74, 6) is 0. The zero-order valence-electron chi connectivity index (χ0n) is 10.9. The van der Waals surface area contributed by atoms with Crippen molar-refractivity contribution in [3.8, 4) is 0 Å². The third kappa shape index (κ3) is 3.62. The van der Waals surface area contributed by atoms with Crippen LogP contribution in [0.2, 0.25) is 0 Å². The van der Waals surface area contributed by atoms with Crippen LogP contribution < -0.4 is 5.32 Å². The first-order chi connectivity index (χ1) is 8.79. The van der Waals surface area contributed by atoms with Crippen molar-refractivity contribution in [2.24, 2.45) is 0 Å². The van der Waals surface area contributed by atoms with Gasteiger partial charge in [-0.05, 0) is 37.2 Å². The van der Waals surface area contributed by atoms with E-state index in [1.807, 2.05) is 11.8 Å². The van der Waals surface area contributed by atoms with Gasteiger partial charge in [0.1, 0.15) is 0 Å². The highest BCUT2D eigenvalue weighted by Crippen LogP contribution is 2.30. The molecule has 2 heteroatoms. The molecule has 0 fully saturated rings. The lowest BCUT2D eigenvalue weighted by atomic mass is 10.1. The molecule has 18 heavy (non-hydrogen) atoms. The van der Waals surface area contributed by atoms with Crippen LogP contribution in [0, 0.1) is 6.92 Å². The maximum absolute atomic E-state index is 3.40. The fourth-order valence-corrected chi connectivity index (χ4v) is 2.77. The summed E-state index contributed by atoms with van der Waals surface area (Å²) < 4.78 is 0. The van der Waals surface area contributed by atoms with Gasteiger partial charge in [0.15, 0.2) is 0 Å². The van der Waals surface area contributed by atoms with Gasteiger partial charge in [0.25, 0.3) is 0 Å². The number of hydrogen-bond donors (Lipinski definition) is 1. The van der Waals surface area contributed by atoms with E-state index in [1.54, 1.807) is 0 Å². The Labute approximate surface area is 114 Å². The highest BCUT2D eigenvalue weighted by atomic mass is 32.2. The Kier molecular flexibility index (Phi) is 4.85. The van der Waals surface area contributed by atoms with E-state index in [0.29, 0.717) is 0 Å². The summed E-state index contributed by atoms with van der Waals surface area (Å²) in [5, 5.41) is 3.40. The zero-order valence-corrected chi connectivity index (χ0v) is 11.8. The first kappa shape index (κ1) is 13.2. The minimum absolute atomic E-state index is 0.938. The van der Waals surface area contributed by atoms with E-state index in [9.17, 15) is 0 Å². The number of benzene rings is 2. The van der Waals surface area contributed by atoms with Crippen LogP contribution in [-0.4, -0.2) is 6.54 Å². The summed E-state index contributed by atoms with van der Waals surface area (Å²) in [7, 11) is 0. The fourth-order valence-electron chi connectivity index (χ4n) is 1.82. The Bertz CT molecular complexity index is 494. The van der Waals surface area contributed by atoms with Gasteiger partial charge in [0.2, 0.25) is 0 Å². The van der Waals surface area contributed by atoms with Crippen molar-refractivity contribution in [3.63, 3.8) is 0 Å². The third-order valence-electron chi connectivity index (χ3n) is 2.75.